The molecule has 0 aliphatic heterocycles. The summed E-state index contributed by atoms with van der Waals surface area (Å²) in [4.78, 5) is 26.1. The number of carbonyl (C=O) groups is 2. The fourth-order valence-corrected chi connectivity index (χ4v) is 1.51. The average Bonchev–Trinajstić information content (AvgIpc) is 2.33. The van der Waals surface area contributed by atoms with Crippen molar-refractivity contribution in [3.05, 3.63) is 0 Å². The average molecular weight is 256 g/mol. The molecule has 0 saturated carbocycles. The van der Waals surface area contributed by atoms with Crippen LogP contribution in [-0.2, 0) is 9.59 Å². The zero-order valence-electron chi connectivity index (χ0n) is 11.0. The summed E-state index contributed by atoms with van der Waals surface area (Å²) in [6.45, 7) is 2.55. The SMILES string of the molecule is CCCCCC(=O)N[C@H](C=O)CCCN=C(N)N. The molecular formula is C12H24N4O2. The number of aldehydes is 1. The lowest BCUT2D eigenvalue weighted by molar-refractivity contribution is -0.124. The summed E-state index contributed by atoms with van der Waals surface area (Å²) >= 11 is 0. The number of nitrogens with zero attached hydrogens (tertiary/aromatic N) is 1. The number of unbranched alkanes of at least 4 members (excludes halogenated alkanes) is 2. The van der Waals surface area contributed by atoms with Gasteiger partial charge in [-0.2, -0.15) is 0 Å². The third-order valence-corrected chi connectivity index (χ3v) is 2.49. The van der Waals surface area contributed by atoms with Crippen LogP contribution in [0.25, 0.3) is 0 Å². The first-order chi connectivity index (χ1) is 8.60. The van der Waals surface area contributed by atoms with Gasteiger partial charge in [-0.15, -0.1) is 0 Å². The third kappa shape index (κ3) is 9.62. The van der Waals surface area contributed by atoms with Gasteiger partial charge in [-0.25, -0.2) is 0 Å². The van der Waals surface area contributed by atoms with Gasteiger partial charge in [-0.05, 0) is 19.3 Å². The van der Waals surface area contributed by atoms with Gasteiger partial charge in [-0.1, -0.05) is 19.8 Å². The first-order valence-corrected chi connectivity index (χ1v) is 6.40. The van der Waals surface area contributed by atoms with Crippen LogP contribution in [0, 0.1) is 0 Å². The monoisotopic (exact) mass is 256 g/mol. The number of nitrogens with one attached hydrogen (secondary N) is 1. The Morgan fingerprint density at radius 2 is 2.06 bits per heavy atom. The van der Waals surface area contributed by atoms with E-state index in [0.717, 1.165) is 25.5 Å². The van der Waals surface area contributed by atoms with Gasteiger partial charge in [0.15, 0.2) is 5.96 Å². The van der Waals surface area contributed by atoms with Crippen LogP contribution in [0.1, 0.15) is 45.4 Å². The number of hydrogen-bond donors (Lipinski definition) is 3. The lowest BCUT2D eigenvalue weighted by Gasteiger charge is -2.11. The van der Waals surface area contributed by atoms with E-state index in [1.807, 2.05) is 0 Å². The largest absolute Gasteiger partial charge is 0.370 e. The molecule has 0 unspecified atom stereocenters. The summed E-state index contributed by atoms with van der Waals surface area (Å²) in [5.74, 6) is -0.0244. The van der Waals surface area contributed by atoms with E-state index in [9.17, 15) is 9.59 Å². The molecule has 18 heavy (non-hydrogen) atoms. The van der Waals surface area contributed by atoms with Crippen molar-refractivity contribution >= 4 is 18.2 Å². The zero-order valence-corrected chi connectivity index (χ0v) is 11.0. The summed E-state index contributed by atoms with van der Waals surface area (Å²) in [5.41, 5.74) is 10.4. The fraction of sp³-hybridized carbons (Fsp3) is 0.750. The van der Waals surface area contributed by atoms with Crippen LogP contribution in [0.3, 0.4) is 0 Å². The van der Waals surface area contributed by atoms with Crippen LogP contribution in [0.4, 0.5) is 0 Å². The Kier molecular flexibility index (Phi) is 9.62. The zero-order chi connectivity index (χ0) is 13.8. The van der Waals surface area contributed by atoms with Gasteiger partial charge in [0.25, 0.3) is 0 Å². The Labute approximate surface area is 108 Å². The maximum Gasteiger partial charge on any atom is 0.220 e. The Morgan fingerprint density at radius 1 is 1.33 bits per heavy atom. The maximum atomic E-state index is 11.5. The number of nitrogens with two attached hydrogens (primary N) is 2. The molecule has 0 saturated heterocycles. The second-order valence-electron chi connectivity index (χ2n) is 4.22. The molecule has 0 radical (unpaired) electrons. The van der Waals surface area contributed by atoms with Crippen LogP contribution < -0.4 is 16.8 Å². The Hall–Kier alpha value is -1.59. The van der Waals surface area contributed by atoms with Gasteiger partial charge >= 0.3 is 0 Å². The number of guanidine groups is 1. The van der Waals surface area contributed by atoms with Gasteiger partial charge < -0.3 is 21.6 Å². The minimum atomic E-state index is -0.437. The molecule has 6 nitrogen and oxygen atoms in total. The molecule has 0 aliphatic carbocycles. The Bertz CT molecular complexity index is 275. The van der Waals surface area contributed by atoms with Crippen molar-refractivity contribution in [2.45, 2.75) is 51.5 Å². The van der Waals surface area contributed by atoms with Crippen LogP contribution in [0.15, 0.2) is 4.99 Å². The predicted octanol–water partition coefficient (Wildman–Crippen LogP) is 0.304. The number of rotatable bonds is 10. The highest BCUT2D eigenvalue weighted by atomic mass is 16.2. The first kappa shape index (κ1) is 16.4. The fourth-order valence-electron chi connectivity index (χ4n) is 1.51. The van der Waals surface area contributed by atoms with E-state index in [4.69, 9.17) is 11.5 Å². The molecule has 0 bridgehead atoms. The molecule has 5 N–H and O–H groups in total. The molecule has 0 aromatic heterocycles. The molecular weight excluding hydrogens is 232 g/mol. The second-order valence-corrected chi connectivity index (χ2v) is 4.22. The first-order valence-electron chi connectivity index (χ1n) is 6.40. The Morgan fingerprint density at radius 3 is 2.61 bits per heavy atom. The van der Waals surface area contributed by atoms with Crippen molar-refractivity contribution in [2.24, 2.45) is 16.5 Å². The molecule has 0 aromatic carbocycles. The summed E-state index contributed by atoms with van der Waals surface area (Å²) in [7, 11) is 0. The van der Waals surface area contributed by atoms with E-state index in [2.05, 4.69) is 17.2 Å². The number of aliphatic imine (C=N–C) groups is 1. The molecule has 1 atom stereocenters. The van der Waals surface area contributed by atoms with Gasteiger partial charge in [0.1, 0.15) is 6.29 Å². The van der Waals surface area contributed by atoms with E-state index < -0.39 is 6.04 Å². The van der Waals surface area contributed by atoms with Crippen molar-refractivity contribution in [3.8, 4) is 0 Å². The van der Waals surface area contributed by atoms with Crippen molar-refractivity contribution < 1.29 is 9.59 Å². The van der Waals surface area contributed by atoms with E-state index in [1.165, 1.54) is 0 Å². The lowest BCUT2D eigenvalue weighted by atomic mass is 10.1. The smallest absolute Gasteiger partial charge is 0.220 e. The van der Waals surface area contributed by atoms with Crippen LogP contribution in [-0.4, -0.2) is 30.7 Å². The predicted molar refractivity (Wildman–Crippen MR) is 72.0 cm³/mol. The lowest BCUT2D eigenvalue weighted by Crippen LogP contribution is -2.36. The molecule has 0 rings (SSSR count). The quantitative estimate of drug-likeness (QED) is 0.226. The minimum Gasteiger partial charge on any atom is -0.370 e. The highest BCUT2D eigenvalue weighted by molar-refractivity contribution is 5.79. The number of hydrogen-bond acceptors (Lipinski definition) is 3. The normalized spacial score (nSPS) is 11.6. The summed E-state index contributed by atoms with van der Waals surface area (Å²) in [5, 5.41) is 2.70. The number of carbonyl (C=O) groups excluding carboxylic acids is 2. The third-order valence-electron chi connectivity index (χ3n) is 2.49. The van der Waals surface area contributed by atoms with E-state index in [1.54, 1.807) is 0 Å². The molecule has 1 amide bonds. The van der Waals surface area contributed by atoms with Gasteiger partial charge in [0.2, 0.25) is 5.91 Å². The topological polar surface area (TPSA) is 111 Å². The molecule has 6 heteroatoms. The van der Waals surface area contributed by atoms with Gasteiger partial charge in [0.05, 0.1) is 6.04 Å². The van der Waals surface area contributed by atoms with E-state index >= 15 is 0 Å². The molecule has 104 valence electrons. The van der Waals surface area contributed by atoms with Crippen LogP contribution in [0.5, 0.6) is 0 Å². The highest BCUT2D eigenvalue weighted by Crippen LogP contribution is 2.00. The highest BCUT2D eigenvalue weighted by Gasteiger charge is 2.10. The van der Waals surface area contributed by atoms with E-state index in [-0.39, 0.29) is 11.9 Å². The van der Waals surface area contributed by atoms with Crippen LogP contribution >= 0.6 is 0 Å². The maximum absolute atomic E-state index is 11.5. The van der Waals surface area contributed by atoms with Gasteiger partial charge in [-0.3, -0.25) is 9.79 Å². The molecule has 0 fully saturated rings. The molecule has 0 spiro atoms. The van der Waals surface area contributed by atoms with Crippen molar-refractivity contribution in [1.82, 2.24) is 5.32 Å². The van der Waals surface area contributed by atoms with Crippen LogP contribution in [0.2, 0.25) is 0 Å². The van der Waals surface area contributed by atoms with Crippen molar-refractivity contribution in [2.75, 3.05) is 6.54 Å². The minimum absolute atomic E-state index is 0.0428. The molecule has 0 aromatic rings. The summed E-state index contributed by atoms with van der Waals surface area (Å²) < 4.78 is 0. The summed E-state index contributed by atoms with van der Waals surface area (Å²) in [6, 6.07) is -0.437. The Balaban J connectivity index is 3.78. The molecule has 0 aliphatic rings. The second kappa shape index (κ2) is 10.6. The van der Waals surface area contributed by atoms with Crippen molar-refractivity contribution in [3.63, 3.8) is 0 Å². The standard InChI is InChI=1S/C12H24N4O2/c1-2-3-4-7-11(18)16-10(9-17)6-5-8-15-12(13)14/h9-10H,2-8H2,1H3,(H,16,18)(H4,13,14,15)/t10-/m0/s1. The molecule has 0 heterocycles. The van der Waals surface area contributed by atoms with Gasteiger partial charge in [0, 0.05) is 13.0 Å². The number of amides is 1. The summed E-state index contributed by atoms with van der Waals surface area (Å²) in [6.07, 6.45) is 5.42. The van der Waals surface area contributed by atoms with Crippen molar-refractivity contribution in [1.29, 1.82) is 0 Å². The van der Waals surface area contributed by atoms with E-state index in [0.29, 0.717) is 25.8 Å².